The molecule has 0 radical (unpaired) electrons. The number of hydrogen-bond donors (Lipinski definition) is 0. The maximum Gasteiger partial charge on any atom is 0.311 e. The third kappa shape index (κ3) is 2.82. The van der Waals surface area contributed by atoms with Crippen molar-refractivity contribution in [2.24, 2.45) is 0 Å². The molecule has 0 N–H and O–H groups in total. The average molecular weight is 302 g/mol. The van der Waals surface area contributed by atoms with Gasteiger partial charge in [-0.1, -0.05) is 22.9 Å². The molecule has 0 saturated carbocycles. The molecular weight excluding hydrogens is 290 g/mol. The number of benzene rings is 1. The number of ketones is 1. The number of nitro benzene ring substituents is 1. The van der Waals surface area contributed by atoms with Crippen LogP contribution in [0.25, 0.3) is 0 Å². The molecule has 1 aromatic carbocycles. The number of carbonyl (C=O) groups is 1. The molecule has 1 rings (SSSR count). The van der Waals surface area contributed by atoms with Gasteiger partial charge in [-0.3, -0.25) is 14.9 Å². The van der Waals surface area contributed by atoms with Crippen LogP contribution in [0.2, 0.25) is 0 Å². The highest BCUT2D eigenvalue weighted by Crippen LogP contribution is 2.33. The van der Waals surface area contributed by atoms with E-state index in [1.54, 1.807) is 6.07 Å². The lowest BCUT2D eigenvalue weighted by atomic mass is 10.0. The number of aryl methyl sites for hydroxylation is 1. The van der Waals surface area contributed by atoms with Crippen molar-refractivity contribution in [3.8, 4) is 5.75 Å². The summed E-state index contributed by atoms with van der Waals surface area (Å²) < 4.78 is 4.98. The lowest BCUT2D eigenvalue weighted by Gasteiger charge is -2.09. The van der Waals surface area contributed by atoms with E-state index in [9.17, 15) is 14.9 Å². The predicted octanol–water partition coefficient (Wildman–Crippen LogP) is 2.74. The van der Waals surface area contributed by atoms with E-state index in [4.69, 9.17) is 4.74 Å². The van der Waals surface area contributed by atoms with Crippen LogP contribution in [0.5, 0.6) is 5.75 Å². The molecule has 0 fully saturated rings. The molecule has 0 heterocycles. The van der Waals surface area contributed by atoms with E-state index < -0.39 is 4.92 Å². The van der Waals surface area contributed by atoms with E-state index in [-0.39, 0.29) is 28.1 Å². The first-order valence-electron chi connectivity index (χ1n) is 4.99. The standard InChI is InChI=1S/C11H12BrNO4/c1-3-7-4-8(10(14)6-12)11(17-2)9(5-7)13(15)16/h4-5H,3,6H2,1-2H3. The van der Waals surface area contributed by atoms with Crippen LogP contribution in [0, 0.1) is 10.1 Å². The number of carbonyl (C=O) groups excluding carboxylic acids is 1. The molecule has 0 aromatic heterocycles. The molecular formula is C11H12BrNO4. The van der Waals surface area contributed by atoms with E-state index in [1.165, 1.54) is 13.2 Å². The molecule has 0 bridgehead atoms. The minimum absolute atomic E-state index is 0.0247. The Morgan fingerprint density at radius 2 is 2.18 bits per heavy atom. The number of alkyl halides is 1. The van der Waals surface area contributed by atoms with Gasteiger partial charge in [0.05, 0.1) is 22.9 Å². The minimum Gasteiger partial charge on any atom is -0.490 e. The Morgan fingerprint density at radius 3 is 2.59 bits per heavy atom. The van der Waals surface area contributed by atoms with Crippen molar-refractivity contribution in [1.82, 2.24) is 0 Å². The highest BCUT2D eigenvalue weighted by Gasteiger charge is 2.23. The van der Waals surface area contributed by atoms with Crippen molar-refractivity contribution in [1.29, 1.82) is 0 Å². The smallest absolute Gasteiger partial charge is 0.311 e. The Morgan fingerprint density at radius 1 is 1.53 bits per heavy atom. The van der Waals surface area contributed by atoms with Crippen LogP contribution in [-0.2, 0) is 6.42 Å². The number of hydrogen-bond acceptors (Lipinski definition) is 4. The maximum atomic E-state index is 11.7. The lowest BCUT2D eigenvalue weighted by Crippen LogP contribution is -2.07. The molecule has 92 valence electrons. The predicted molar refractivity (Wildman–Crippen MR) is 67.2 cm³/mol. The van der Waals surface area contributed by atoms with Gasteiger partial charge in [-0.25, -0.2) is 0 Å². The van der Waals surface area contributed by atoms with E-state index in [1.807, 2.05) is 6.92 Å². The van der Waals surface area contributed by atoms with Crippen LogP contribution in [0.4, 0.5) is 5.69 Å². The molecule has 0 aliphatic heterocycles. The van der Waals surface area contributed by atoms with Gasteiger partial charge < -0.3 is 4.74 Å². The fourth-order valence-electron chi connectivity index (χ4n) is 1.51. The quantitative estimate of drug-likeness (QED) is 0.363. The summed E-state index contributed by atoms with van der Waals surface area (Å²) in [4.78, 5) is 22.1. The first kappa shape index (κ1) is 13.6. The fraction of sp³-hybridized carbons (Fsp3) is 0.364. The Kier molecular flexibility index (Phi) is 4.62. The first-order chi connectivity index (χ1) is 8.04. The molecule has 0 atom stereocenters. The molecule has 0 aliphatic rings. The van der Waals surface area contributed by atoms with Crippen LogP contribution in [-0.4, -0.2) is 23.1 Å². The van der Waals surface area contributed by atoms with Crippen molar-refractivity contribution in [3.63, 3.8) is 0 Å². The second kappa shape index (κ2) is 5.77. The van der Waals surface area contributed by atoms with Crippen molar-refractivity contribution in [2.75, 3.05) is 12.4 Å². The highest BCUT2D eigenvalue weighted by molar-refractivity contribution is 9.09. The lowest BCUT2D eigenvalue weighted by molar-refractivity contribution is -0.385. The van der Waals surface area contributed by atoms with Crippen molar-refractivity contribution < 1.29 is 14.5 Å². The third-order valence-corrected chi connectivity index (χ3v) is 2.87. The van der Waals surface area contributed by atoms with Gasteiger partial charge in [-0.2, -0.15) is 0 Å². The van der Waals surface area contributed by atoms with Crippen LogP contribution in [0.3, 0.4) is 0 Å². The van der Waals surface area contributed by atoms with Crippen LogP contribution < -0.4 is 4.74 Å². The van der Waals surface area contributed by atoms with Crippen molar-refractivity contribution in [3.05, 3.63) is 33.4 Å². The summed E-state index contributed by atoms with van der Waals surface area (Å²) in [5.74, 6) is -0.211. The van der Waals surface area contributed by atoms with Gasteiger partial charge >= 0.3 is 5.69 Å². The zero-order valence-electron chi connectivity index (χ0n) is 9.53. The summed E-state index contributed by atoms with van der Waals surface area (Å²) in [6.07, 6.45) is 0.618. The van der Waals surface area contributed by atoms with Crippen LogP contribution >= 0.6 is 15.9 Å². The Labute approximate surface area is 107 Å². The van der Waals surface area contributed by atoms with Gasteiger partial charge in [0.1, 0.15) is 0 Å². The summed E-state index contributed by atoms with van der Waals surface area (Å²) in [5.41, 5.74) is 0.813. The summed E-state index contributed by atoms with van der Waals surface area (Å²) in [6, 6.07) is 3.07. The number of ether oxygens (including phenoxy) is 1. The number of rotatable bonds is 5. The number of Topliss-reactive ketones (excluding diaryl/α,β-unsaturated/α-hetero) is 1. The van der Waals surface area contributed by atoms with Crippen molar-refractivity contribution >= 4 is 27.4 Å². The molecule has 0 saturated heterocycles. The first-order valence-corrected chi connectivity index (χ1v) is 6.11. The monoisotopic (exact) mass is 301 g/mol. The Hall–Kier alpha value is -1.43. The van der Waals surface area contributed by atoms with E-state index in [2.05, 4.69) is 15.9 Å². The molecule has 0 aliphatic carbocycles. The molecule has 5 nitrogen and oxygen atoms in total. The van der Waals surface area contributed by atoms with Gasteiger partial charge in [0.25, 0.3) is 0 Å². The van der Waals surface area contributed by atoms with Gasteiger partial charge in [-0.05, 0) is 18.1 Å². The van der Waals surface area contributed by atoms with Gasteiger partial charge in [0.2, 0.25) is 5.75 Å². The van der Waals surface area contributed by atoms with Gasteiger partial charge in [-0.15, -0.1) is 0 Å². The molecule has 1 aromatic rings. The number of halogens is 1. The average Bonchev–Trinajstić information content (AvgIpc) is 2.35. The van der Waals surface area contributed by atoms with Crippen LogP contribution in [0.15, 0.2) is 12.1 Å². The minimum atomic E-state index is -0.539. The second-order valence-electron chi connectivity index (χ2n) is 3.36. The largest absolute Gasteiger partial charge is 0.490 e. The number of methoxy groups -OCH3 is 1. The van der Waals surface area contributed by atoms with E-state index in [0.717, 1.165) is 5.56 Å². The summed E-state index contributed by atoms with van der Waals surface area (Å²) in [5, 5.41) is 11.0. The summed E-state index contributed by atoms with van der Waals surface area (Å²) in [6.45, 7) is 1.87. The van der Waals surface area contributed by atoms with Gasteiger partial charge in [0, 0.05) is 6.07 Å². The maximum absolute atomic E-state index is 11.7. The Bertz CT molecular complexity index is 459. The molecule has 0 amide bonds. The van der Waals surface area contributed by atoms with E-state index >= 15 is 0 Å². The number of nitrogens with zero attached hydrogens (tertiary/aromatic N) is 1. The second-order valence-corrected chi connectivity index (χ2v) is 3.92. The number of nitro groups is 1. The van der Waals surface area contributed by atoms with Crippen LogP contribution in [0.1, 0.15) is 22.8 Å². The molecule has 0 spiro atoms. The summed E-state index contributed by atoms with van der Waals surface area (Å²) >= 11 is 3.05. The molecule has 0 unspecified atom stereocenters. The zero-order valence-corrected chi connectivity index (χ0v) is 11.1. The van der Waals surface area contributed by atoms with Gasteiger partial charge in [0.15, 0.2) is 5.78 Å². The SMILES string of the molecule is CCc1cc(C(=O)CBr)c(OC)c([N+](=O)[O-])c1. The third-order valence-electron chi connectivity index (χ3n) is 2.36. The fourth-order valence-corrected chi connectivity index (χ4v) is 1.81. The summed E-state index contributed by atoms with van der Waals surface area (Å²) in [7, 11) is 1.32. The highest BCUT2D eigenvalue weighted by atomic mass is 79.9. The zero-order chi connectivity index (χ0) is 13.0. The normalized spacial score (nSPS) is 10.1. The topological polar surface area (TPSA) is 69.4 Å². The van der Waals surface area contributed by atoms with E-state index in [0.29, 0.717) is 6.42 Å². The molecule has 17 heavy (non-hydrogen) atoms. The Balaban J connectivity index is 3.50. The molecule has 6 heteroatoms. The van der Waals surface area contributed by atoms with Crippen molar-refractivity contribution in [2.45, 2.75) is 13.3 Å².